The molecule has 0 radical (unpaired) electrons. The molecule has 0 spiro atoms. The largest absolute Gasteiger partial charge is 0.494 e. The number of likely N-dealkylation sites (tertiary alicyclic amines) is 1. The number of carbonyl (C=O) groups excluding carboxylic acids is 1. The molecule has 1 aliphatic rings. The maximum atomic E-state index is 12.3. The second kappa shape index (κ2) is 7.93. The van der Waals surface area contributed by atoms with Gasteiger partial charge in [-0.15, -0.1) is 0 Å². The van der Waals surface area contributed by atoms with Crippen molar-refractivity contribution < 1.29 is 9.53 Å². The quantitative estimate of drug-likeness (QED) is 0.781. The number of benzene rings is 2. The molecule has 0 atom stereocenters. The van der Waals surface area contributed by atoms with Gasteiger partial charge in [0.25, 0.3) is 0 Å². The van der Waals surface area contributed by atoms with Crippen molar-refractivity contribution in [1.29, 1.82) is 0 Å². The van der Waals surface area contributed by atoms with Crippen LogP contribution in [-0.2, 0) is 11.3 Å². The highest BCUT2D eigenvalue weighted by Gasteiger charge is 2.21. The summed E-state index contributed by atoms with van der Waals surface area (Å²) in [5.74, 6) is 1.09. The minimum absolute atomic E-state index is 0.251. The van der Waals surface area contributed by atoms with E-state index in [4.69, 9.17) is 4.74 Å². The highest BCUT2D eigenvalue weighted by molar-refractivity contribution is 6.00. The van der Waals surface area contributed by atoms with E-state index < -0.39 is 0 Å². The molecule has 2 aromatic rings. The van der Waals surface area contributed by atoms with Gasteiger partial charge >= 0.3 is 0 Å². The molecule has 0 saturated carbocycles. The summed E-state index contributed by atoms with van der Waals surface area (Å²) in [4.78, 5) is 14.6. The first-order chi connectivity index (χ1) is 11.7. The van der Waals surface area contributed by atoms with Crippen molar-refractivity contribution in [3.05, 3.63) is 71.3 Å². The van der Waals surface area contributed by atoms with Crippen LogP contribution < -0.4 is 4.74 Å². The van der Waals surface area contributed by atoms with Crippen molar-refractivity contribution in [3.63, 3.8) is 0 Å². The van der Waals surface area contributed by atoms with Crippen LogP contribution in [0.1, 0.15) is 24.5 Å². The van der Waals surface area contributed by atoms with Crippen molar-refractivity contribution in [2.24, 2.45) is 0 Å². The lowest BCUT2D eigenvalue weighted by Gasteiger charge is -2.27. The Kier molecular flexibility index (Phi) is 5.44. The second-order valence-electron chi connectivity index (χ2n) is 6.04. The van der Waals surface area contributed by atoms with Gasteiger partial charge in [-0.1, -0.05) is 42.5 Å². The predicted molar refractivity (Wildman–Crippen MR) is 96.9 cm³/mol. The van der Waals surface area contributed by atoms with Crippen LogP contribution in [0.3, 0.4) is 0 Å². The molecule has 1 heterocycles. The Balaban J connectivity index is 1.73. The first-order valence-electron chi connectivity index (χ1n) is 8.47. The lowest BCUT2D eigenvalue weighted by Crippen LogP contribution is -2.35. The fourth-order valence-electron chi connectivity index (χ4n) is 2.99. The Morgan fingerprint density at radius 3 is 2.75 bits per heavy atom. The lowest BCUT2D eigenvalue weighted by molar-refractivity contribution is -0.117. The Morgan fingerprint density at radius 2 is 1.96 bits per heavy atom. The van der Waals surface area contributed by atoms with Crippen LogP contribution in [0.5, 0.6) is 5.75 Å². The number of Topliss-reactive ketones (excluding diaryl/α,β-unsaturated/α-hetero) is 1. The molecule has 0 aliphatic carbocycles. The van der Waals surface area contributed by atoms with Crippen LogP contribution in [-0.4, -0.2) is 30.4 Å². The molecule has 1 fully saturated rings. The maximum Gasteiger partial charge on any atom is 0.161 e. The van der Waals surface area contributed by atoms with Gasteiger partial charge in [0.2, 0.25) is 0 Å². The fourth-order valence-corrected chi connectivity index (χ4v) is 2.99. The van der Waals surface area contributed by atoms with Gasteiger partial charge in [-0.2, -0.15) is 0 Å². The molecule has 0 aromatic heterocycles. The second-order valence-corrected chi connectivity index (χ2v) is 6.04. The molecular weight excluding hydrogens is 298 g/mol. The molecule has 3 nitrogen and oxygen atoms in total. The van der Waals surface area contributed by atoms with Crippen LogP contribution in [0, 0.1) is 0 Å². The predicted octanol–water partition coefficient (Wildman–Crippen LogP) is 3.94. The monoisotopic (exact) mass is 321 g/mol. The first-order valence-corrected chi connectivity index (χ1v) is 8.47. The smallest absolute Gasteiger partial charge is 0.161 e. The molecule has 1 aliphatic heterocycles. The van der Waals surface area contributed by atoms with Crippen molar-refractivity contribution >= 4 is 11.9 Å². The van der Waals surface area contributed by atoms with Gasteiger partial charge in [0.05, 0.1) is 6.61 Å². The summed E-state index contributed by atoms with van der Waals surface area (Å²) in [7, 11) is 0. The third kappa shape index (κ3) is 4.33. The fraction of sp³-hybridized carbons (Fsp3) is 0.286. The molecule has 24 heavy (non-hydrogen) atoms. The van der Waals surface area contributed by atoms with Gasteiger partial charge in [0.15, 0.2) is 5.78 Å². The van der Waals surface area contributed by atoms with E-state index >= 15 is 0 Å². The summed E-state index contributed by atoms with van der Waals surface area (Å²) in [6.07, 6.45) is 2.59. The molecule has 1 saturated heterocycles. The molecule has 0 bridgehead atoms. The number of piperidine rings is 1. The van der Waals surface area contributed by atoms with Gasteiger partial charge < -0.3 is 4.74 Å². The summed E-state index contributed by atoms with van der Waals surface area (Å²) in [6, 6.07) is 18.3. The highest BCUT2D eigenvalue weighted by atomic mass is 16.5. The molecule has 124 valence electrons. The Bertz CT molecular complexity index is 722. The van der Waals surface area contributed by atoms with Crippen molar-refractivity contribution in [3.8, 4) is 5.75 Å². The van der Waals surface area contributed by atoms with E-state index in [0.717, 1.165) is 30.0 Å². The van der Waals surface area contributed by atoms with Crippen LogP contribution >= 0.6 is 0 Å². The third-order valence-electron chi connectivity index (χ3n) is 4.17. The Morgan fingerprint density at radius 1 is 1.12 bits per heavy atom. The van der Waals surface area contributed by atoms with Crippen molar-refractivity contribution in [1.82, 2.24) is 4.90 Å². The van der Waals surface area contributed by atoms with Gasteiger partial charge in [-0.25, -0.2) is 0 Å². The Hall–Kier alpha value is -2.39. The first kappa shape index (κ1) is 16.5. The number of hydrogen-bond donors (Lipinski definition) is 0. The molecule has 0 amide bonds. The summed E-state index contributed by atoms with van der Waals surface area (Å²) in [5, 5.41) is 0. The summed E-state index contributed by atoms with van der Waals surface area (Å²) in [6.45, 7) is 5.02. The zero-order valence-electron chi connectivity index (χ0n) is 14.1. The number of rotatable bonds is 5. The average molecular weight is 321 g/mol. The molecule has 2 aromatic carbocycles. The van der Waals surface area contributed by atoms with Crippen LogP contribution in [0.4, 0.5) is 0 Å². The molecule has 3 heteroatoms. The van der Waals surface area contributed by atoms with E-state index in [0.29, 0.717) is 19.6 Å². The van der Waals surface area contributed by atoms with E-state index in [2.05, 4.69) is 29.2 Å². The van der Waals surface area contributed by atoms with E-state index in [-0.39, 0.29) is 5.78 Å². The van der Waals surface area contributed by atoms with E-state index in [1.54, 1.807) is 0 Å². The number of hydrogen-bond acceptors (Lipinski definition) is 3. The number of nitrogens with zero attached hydrogens (tertiary/aromatic N) is 1. The minimum atomic E-state index is 0.251. The molecule has 0 unspecified atom stereocenters. The third-order valence-corrected chi connectivity index (χ3v) is 4.17. The summed E-state index contributed by atoms with van der Waals surface area (Å²) < 4.78 is 5.54. The number of carbonyl (C=O) groups is 1. The van der Waals surface area contributed by atoms with Crippen molar-refractivity contribution in [2.75, 3.05) is 19.7 Å². The van der Waals surface area contributed by atoms with E-state index in [9.17, 15) is 4.79 Å². The number of ketones is 1. The average Bonchev–Trinajstić information content (AvgIpc) is 2.59. The lowest BCUT2D eigenvalue weighted by atomic mass is 9.99. The molecule has 0 N–H and O–H groups in total. The molecule has 3 rings (SSSR count). The van der Waals surface area contributed by atoms with Crippen LogP contribution in [0.25, 0.3) is 6.08 Å². The number of ether oxygens (including phenoxy) is 1. The van der Waals surface area contributed by atoms with E-state index in [1.165, 1.54) is 5.56 Å². The van der Waals surface area contributed by atoms with E-state index in [1.807, 2.05) is 43.3 Å². The maximum absolute atomic E-state index is 12.3. The van der Waals surface area contributed by atoms with Gasteiger partial charge in [-0.05, 0) is 36.3 Å². The summed E-state index contributed by atoms with van der Waals surface area (Å²) >= 11 is 0. The normalized spacial score (nSPS) is 17.2. The zero-order valence-corrected chi connectivity index (χ0v) is 14.1. The van der Waals surface area contributed by atoms with Crippen LogP contribution in [0.2, 0.25) is 0 Å². The van der Waals surface area contributed by atoms with Gasteiger partial charge in [0.1, 0.15) is 5.75 Å². The van der Waals surface area contributed by atoms with Gasteiger partial charge in [-0.3, -0.25) is 9.69 Å². The van der Waals surface area contributed by atoms with Crippen LogP contribution in [0.15, 0.2) is 60.2 Å². The van der Waals surface area contributed by atoms with Gasteiger partial charge in [0, 0.05) is 31.6 Å². The summed E-state index contributed by atoms with van der Waals surface area (Å²) in [5.41, 5.74) is 3.18. The zero-order chi connectivity index (χ0) is 16.8. The minimum Gasteiger partial charge on any atom is -0.494 e. The highest BCUT2D eigenvalue weighted by Crippen LogP contribution is 2.20. The SMILES string of the molecule is CCOc1cccc(/C=C2\CN(Cc3ccccc3)CCC2=O)c1. The van der Waals surface area contributed by atoms with Crippen molar-refractivity contribution in [2.45, 2.75) is 19.9 Å². The molecular formula is C21H23NO2. The topological polar surface area (TPSA) is 29.5 Å². The Labute approximate surface area is 143 Å². The standard InChI is InChI=1S/C21H23NO2/c1-2-24-20-10-6-9-18(14-20)13-19-16-22(12-11-21(19)23)15-17-7-4-3-5-8-17/h3-10,13-14H,2,11-12,15-16H2,1H3/b19-13+.